The molecule has 128 valence electrons. The van der Waals surface area contributed by atoms with Crippen molar-refractivity contribution in [2.24, 2.45) is 0 Å². The monoisotopic (exact) mass is 330 g/mol. The number of nitrogens with zero attached hydrogens (tertiary/aromatic N) is 3. The minimum atomic E-state index is -0.0975. The molecular formula is C17H22N4O3. The Morgan fingerprint density at radius 1 is 1.21 bits per heavy atom. The van der Waals surface area contributed by atoms with Gasteiger partial charge in [-0.1, -0.05) is 12.1 Å². The van der Waals surface area contributed by atoms with Crippen molar-refractivity contribution in [2.45, 2.75) is 13.2 Å². The number of carbonyl (C=O) groups excluding carboxylic acids is 1. The molecule has 0 bridgehead atoms. The summed E-state index contributed by atoms with van der Waals surface area (Å²) in [6.07, 6.45) is 0. The number of hydrogen-bond donors (Lipinski definition) is 1. The lowest BCUT2D eigenvalue weighted by Crippen LogP contribution is -2.20. The lowest BCUT2D eigenvalue weighted by molar-refractivity contribution is 0.0963. The Morgan fingerprint density at radius 2 is 1.92 bits per heavy atom. The Hall–Kier alpha value is -2.67. The van der Waals surface area contributed by atoms with Crippen LogP contribution in [0.2, 0.25) is 0 Å². The highest BCUT2D eigenvalue weighted by Crippen LogP contribution is 2.19. The Balaban J connectivity index is 2.15. The Kier molecular flexibility index (Phi) is 6.08. The minimum Gasteiger partial charge on any atom is -0.481 e. The predicted molar refractivity (Wildman–Crippen MR) is 91.2 cm³/mol. The second kappa shape index (κ2) is 8.26. The number of ether oxygens (including phenoxy) is 2. The van der Waals surface area contributed by atoms with E-state index in [0.29, 0.717) is 30.4 Å². The van der Waals surface area contributed by atoms with Crippen molar-refractivity contribution < 1.29 is 14.3 Å². The molecule has 1 aromatic heterocycles. The summed E-state index contributed by atoms with van der Waals surface area (Å²) in [5.41, 5.74) is 1.70. The van der Waals surface area contributed by atoms with Gasteiger partial charge in [-0.05, 0) is 17.7 Å². The summed E-state index contributed by atoms with van der Waals surface area (Å²) in [6, 6.07) is 9.24. The van der Waals surface area contributed by atoms with E-state index in [9.17, 15) is 4.79 Å². The van der Waals surface area contributed by atoms with Crippen LogP contribution in [-0.4, -0.2) is 44.2 Å². The lowest BCUT2D eigenvalue weighted by atomic mass is 10.1. The van der Waals surface area contributed by atoms with Crippen LogP contribution in [-0.2, 0) is 17.9 Å². The number of anilines is 1. The molecule has 2 aromatic rings. The van der Waals surface area contributed by atoms with E-state index in [1.165, 1.54) is 0 Å². The fourth-order valence-corrected chi connectivity index (χ4v) is 2.21. The van der Waals surface area contributed by atoms with Crippen molar-refractivity contribution >= 4 is 11.7 Å². The zero-order valence-corrected chi connectivity index (χ0v) is 14.4. The van der Waals surface area contributed by atoms with Crippen molar-refractivity contribution in [1.82, 2.24) is 15.3 Å². The normalized spacial score (nSPS) is 10.3. The van der Waals surface area contributed by atoms with Gasteiger partial charge >= 0.3 is 0 Å². The highest BCUT2D eigenvalue weighted by molar-refractivity contribution is 5.93. The first-order valence-electron chi connectivity index (χ1n) is 7.50. The number of nitrogens with one attached hydrogen (secondary N) is 1. The zero-order chi connectivity index (χ0) is 17.5. The molecule has 1 aromatic carbocycles. The molecule has 2 rings (SSSR count). The SMILES string of the molecule is CNC(=O)c1ccc(CN(C)c2cc(OC)nc(COC)n2)cc1. The highest BCUT2D eigenvalue weighted by atomic mass is 16.5. The summed E-state index contributed by atoms with van der Waals surface area (Å²) < 4.78 is 10.3. The molecule has 7 nitrogen and oxygen atoms in total. The molecule has 0 aliphatic heterocycles. The molecule has 0 fully saturated rings. The van der Waals surface area contributed by atoms with Crippen LogP contribution in [0, 0.1) is 0 Å². The molecule has 1 N–H and O–H groups in total. The number of carbonyl (C=O) groups is 1. The lowest BCUT2D eigenvalue weighted by Gasteiger charge is -2.19. The van der Waals surface area contributed by atoms with Crippen LogP contribution in [0.3, 0.4) is 0 Å². The summed E-state index contributed by atoms with van der Waals surface area (Å²) in [7, 11) is 6.72. The molecule has 0 aliphatic carbocycles. The van der Waals surface area contributed by atoms with Crippen molar-refractivity contribution in [2.75, 3.05) is 33.2 Å². The van der Waals surface area contributed by atoms with Crippen LogP contribution < -0.4 is 15.0 Å². The van der Waals surface area contributed by atoms with E-state index in [1.807, 2.05) is 24.1 Å². The maximum absolute atomic E-state index is 11.6. The number of amides is 1. The molecule has 7 heteroatoms. The fourth-order valence-electron chi connectivity index (χ4n) is 2.21. The van der Waals surface area contributed by atoms with E-state index in [2.05, 4.69) is 15.3 Å². The average molecular weight is 330 g/mol. The van der Waals surface area contributed by atoms with Gasteiger partial charge in [0.1, 0.15) is 12.4 Å². The molecule has 0 aliphatic rings. The number of methoxy groups -OCH3 is 2. The van der Waals surface area contributed by atoms with Gasteiger partial charge in [-0.2, -0.15) is 4.98 Å². The molecule has 0 spiro atoms. The van der Waals surface area contributed by atoms with Gasteiger partial charge < -0.3 is 19.7 Å². The van der Waals surface area contributed by atoms with E-state index < -0.39 is 0 Å². The van der Waals surface area contributed by atoms with E-state index in [1.54, 1.807) is 39.5 Å². The first-order valence-corrected chi connectivity index (χ1v) is 7.50. The van der Waals surface area contributed by atoms with Crippen molar-refractivity contribution in [3.63, 3.8) is 0 Å². The summed E-state index contributed by atoms with van der Waals surface area (Å²) in [5, 5.41) is 2.61. The topological polar surface area (TPSA) is 76.6 Å². The largest absolute Gasteiger partial charge is 0.481 e. The highest BCUT2D eigenvalue weighted by Gasteiger charge is 2.10. The number of rotatable bonds is 7. The van der Waals surface area contributed by atoms with Gasteiger partial charge in [0, 0.05) is 39.4 Å². The summed E-state index contributed by atoms with van der Waals surface area (Å²) in [5.74, 6) is 1.70. The summed E-state index contributed by atoms with van der Waals surface area (Å²) in [6.45, 7) is 0.958. The third kappa shape index (κ3) is 4.42. The zero-order valence-electron chi connectivity index (χ0n) is 14.4. The van der Waals surface area contributed by atoms with Gasteiger partial charge in [0.05, 0.1) is 7.11 Å². The van der Waals surface area contributed by atoms with E-state index >= 15 is 0 Å². The molecule has 0 unspecified atom stereocenters. The second-order valence-corrected chi connectivity index (χ2v) is 5.25. The molecule has 1 amide bonds. The van der Waals surface area contributed by atoms with Gasteiger partial charge in [-0.25, -0.2) is 4.98 Å². The van der Waals surface area contributed by atoms with Crippen LogP contribution in [0.1, 0.15) is 21.7 Å². The van der Waals surface area contributed by atoms with Gasteiger partial charge in [-0.3, -0.25) is 4.79 Å². The molecule has 24 heavy (non-hydrogen) atoms. The third-order valence-corrected chi connectivity index (χ3v) is 3.47. The van der Waals surface area contributed by atoms with Crippen LogP contribution in [0.5, 0.6) is 5.88 Å². The third-order valence-electron chi connectivity index (χ3n) is 3.47. The molecule has 0 saturated carbocycles. The van der Waals surface area contributed by atoms with Crippen LogP contribution >= 0.6 is 0 Å². The quantitative estimate of drug-likeness (QED) is 0.831. The standard InChI is InChI=1S/C17H22N4O3/c1-18-17(22)13-7-5-12(6-8-13)10-21(2)15-9-16(24-4)20-14(19-15)11-23-3/h5-9H,10-11H2,1-4H3,(H,18,22). The van der Waals surface area contributed by atoms with Gasteiger partial charge in [0.25, 0.3) is 5.91 Å². The summed E-state index contributed by atoms with van der Waals surface area (Å²) >= 11 is 0. The van der Waals surface area contributed by atoms with Crippen molar-refractivity contribution in [1.29, 1.82) is 0 Å². The first kappa shape index (κ1) is 17.7. The van der Waals surface area contributed by atoms with E-state index in [4.69, 9.17) is 9.47 Å². The molecule has 0 radical (unpaired) electrons. The number of hydrogen-bond acceptors (Lipinski definition) is 6. The maximum atomic E-state index is 11.6. The Labute approximate surface area is 141 Å². The van der Waals surface area contributed by atoms with Crippen LogP contribution in [0.15, 0.2) is 30.3 Å². The Bertz CT molecular complexity index is 689. The van der Waals surface area contributed by atoms with Gasteiger partial charge in [0.15, 0.2) is 5.82 Å². The molecule has 0 atom stereocenters. The molecule has 1 heterocycles. The summed E-state index contributed by atoms with van der Waals surface area (Å²) in [4.78, 5) is 22.3. The van der Waals surface area contributed by atoms with Crippen LogP contribution in [0.4, 0.5) is 5.82 Å². The van der Waals surface area contributed by atoms with Gasteiger partial charge in [-0.15, -0.1) is 0 Å². The maximum Gasteiger partial charge on any atom is 0.251 e. The number of aromatic nitrogens is 2. The van der Waals surface area contributed by atoms with Crippen molar-refractivity contribution in [3.8, 4) is 5.88 Å². The minimum absolute atomic E-state index is 0.0975. The predicted octanol–water partition coefficient (Wildman–Crippen LogP) is 1.63. The molecule has 0 saturated heterocycles. The van der Waals surface area contributed by atoms with E-state index in [0.717, 1.165) is 11.4 Å². The number of benzene rings is 1. The fraction of sp³-hybridized carbons (Fsp3) is 0.353. The first-order chi connectivity index (χ1) is 11.6. The second-order valence-electron chi connectivity index (χ2n) is 5.25. The van der Waals surface area contributed by atoms with E-state index in [-0.39, 0.29) is 5.91 Å². The molecular weight excluding hydrogens is 308 g/mol. The van der Waals surface area contributed by atoms with Crippen molar-refractivity contribution in [3.05, 3.63) is 47.3 Å². The van der Waals surface area contributed by atoms with Gasteiger partial charge in [0.2, 0.25) is 5.88 Å². The smallest absolute Gasteiger partial charge is 0.251 e. The average Bonchev–Trinajstić information content (AvgIpc) is 2.61. The van der Waals surface area contributed by atoms with Crippen LogP contribution in [0.25, 0.3) is 0 Å². The Morgan fingerprint density at radius 3 is 2.50 bits per heavy atom.